The Hall–Kier alpha value is -2.00. The first-order chi connectivity index (χ1) is 16.5. The number of carbonyl (C=O) groups is 1. The third-order valence-electron chi connectivity index (χ3n) is 6.40. The molecule has 0 fully saturated rings. The molecule has 2 rings (SSSR count). The Morgan fingerprint density at radius 3 is 1.71 bits per heavy atom. The molecule has 0 N–H and O–H groups in total. The van der Waals surface area contributed by atoms with Crippen LogP contribution in [-0.4, -0.2) is 18.0 Å². The number of benzene rings is 2. The number of carbonyl (C=O) groups excluding carboxylic acids is 1. The van der Waals surface area contributed by atoms with Crippen LogP contribution in [0.5, 0.6) is 11.5 Å². The average Bonchev–Trinajstić information content (AvgIpc) is 2.87. The van der Waals surface area contributed by atoms with Gasteiger partial charge in [-0.15, -0.1) is 11.6 Å². The predicted molar refractivity (Wildman–Crippen MR) is 144 cm³/mol. The lowest BCUT2D eigenvalue weighted by atomic mass is 10.0. The van der Waals surface area contributed by atoms with E-state index in [9.17, 15) is 4.79 Å². The van der Waals surface area contributed by atoms with Crippen molar-refractivity contribution in [1.29, 1.82) is 0 Å². The molecule has 2 aromatic rings. The summed E-state index contributed by atoms with van der Waals surface area (Å²) in [6.07, 6.45) is 14.1. The second kappa shape index (κ2) is 16.6. The number of ether oxygens (including phenoxy) is 2. The van der Waals surface area contributed by atoms with E-state index in [4.69, 9.17) is 21.1 Å². The number of hydrogen-bond acceptors (Lipinski definition) is 3. The summed E-state index contributed by atoms with van der Waals surface area (Å²) in [5.74, 6) is 1.11. The molecule has 0 bridgehead atoms. The van der Waals surface area contributed by atoms with Gasteiger partial charge in [0.2, 0.25) is 0 Å². The van der Waals surface area contributed by atoms with Crippen LogP contribution in [0, 0.1) is 5.92 Å². The van der Waals surface area contributed by atoms with E-state index in [0.29, 0.717) is 5.75 Å². The molecule has 2 atom stereocenters. The van der Waals surface area contributed by atoms with Crippen molar-refractivity contribution in [2.24, 2.45) is 5.92 Å². The third kappa shape index (κ3) is 10.5. The van der Waals surface area contributed by atoms with E-state index in [0.717, 1.165) is 36.3 Å². The van der Waals surface area contributed by atoms with Gasteiger partial charge in [-0.05, 0) is 47.7 Å². The van der Waals surface area contributed by atoms with Crippen molar-refractivity contribution < 1.29 is 14.3 Å². The Morgan fingerprint density at radius 2 is 1.21 bits per heavy atom. The van der Waals surface area contributed by atoms with E-state index >= 15 is 0 Å². The largest absolute Gasteiger partial charge is 0.494 e. The van der Waals surface area contributed by atoms with Crippen LogP contribution in [0.25, 0.3) is 11.1 Å². The maximum absolute atomic E-state index is 12.2. The topological polar surface area (TPSA) is 35.5 Å². The molecular weight excluding hydrogens is 444 g/mol. The van der Waals surface area contributed by atoms with E-state index in [1.165, 1.54) is 57.8 Å². The Labute approximate surface area is 212 Å². The monoisotopic (exact) mass is 486 g/mol. The molecule has 0 amide bonds. The van der Waals surface area contributed by atoms with Crippen LogP contribution < -0.4 is 9.47 Å². The molecule has 0 radical (unpaired) electrons. The van der Waals surface area contributed by atoms with Gasteiger partial charge in [-0.2, -0.15) is 0 Å². The number of halogens is 1. The van der Waals surface area contributed by atoms with Gasteiger partial charge in [-0.1, -0.05) is 109 Å². The normalized spacial score (nSPS) is 12.8. The lowest BCUT2D eigenvalue weighted by molar-refractivity contribution is -0.134. The number of hydrogen-bond donors (Lipinski definition) is 0. The van der Waals surface area contributed by atoms with E-state index in [-0.39, 0.29) is 5.92 Å². The highest BCUT2D eigenvalue weighted by molar-refractivity contribution is 6.30. The highest BCUT2D eigenvalue weighted by Gasteiger charge is 2.23. The standard InChI is InChI=1S/C30H43ClO3/c1-4-6-7-8-9-10-11-12-13-14-23-33-27-19-15-25(16-20-27)26-17-21-28(22-18-26)34-30(32)29(31)24(3)5-2/h15-22,24,29H,4-14,23H2,1-3H3. The zero-order chi connectivity index (χ0) is 24.6. The van der Waals surface area contributed by atoms with Crippen molar-refractivity contribution in [3.8, 4) is 22.6 Å². The first kappa shape index (κ1) is 28.2. The van der Waals surface area contributed by atoms with E-state index in [2.05, 4.69) is 19.1 Å². The van der Waals surface area contributed by atoms with Crippen LogP contribution in [0.1, 0.15) is 91.4 Å². The van der Waals surface area contributed by atoms with Crippen molar-refractivity contribution in [3.63, 3.8) is 0 Å². The zero-order valence-electron chi connectivity index (χ0n) is 21.4. The summed E-state index contributed by atoms with van der Waals surface area (Å²) in [5.41, 5.74) is 2.16. The van der Waals surface area contributed by atoms with Gasteiger partial charge in [0.25, 0.3) is 0 Å². The van der Waals surface area contributed by atoms with Gasteiger partial charge in [-0.25, -0.2) is 0 Å². The van der Waals surface area contributed by atoms with Crippen molar-refractivity contribution in [1.82, 2.24) is 0 Å². The molecule has 0 aliphatic carbocycles. The van der Waals surface area contributed by atoms with Gasteiger partial charge in [0.05, 0.1) is 6.61 Å². The fraction of sp³-hybridized carbons (Fsp3) is 0.567. The summed E-state index contributed by atoms with van der Waals surface area (Å²) in [4.78, 5) is 12.2. The summed E-state index contributed by atoms with van der Waals surface area (Å²) in [6, 6.07) is 15.7. The van der Waals surface area contributed by atoms with Gasteiger partial charge in [-0.3, -0.25) is 4.79 Å². The molecule has 0 heterocycles. The fourth-order valence-corrected chi connectivity index (χ4v) is 4.07. The van der Waals surface area contributed by atoms with Crippen LogP contribution >= 0.6 is 11.6 Å². The van der Waals surface area contributed by atoms with Crippen LogP contribution in [-0.2, 0) is 4.79 Å². The summed E-state index contributed by atoms with van der Waals surface area (Å²) < 4.78 is 11.3. The average molecular weight is 487 g/mol. The minimum atomic E-state index is -0.627. The van der Waals surface area contributed by atoms with Crippen molar-refractivity contribution in [3.05, 3.63) is 48.5 Å². The van der Waals surface area contributed by atoms with Gasteiger partial charge in [0, 0.05) is 0 Å². The Bertz CT molecular complexity index is 801. The number of rotatable bonds is 17. The van der Waals surface area contributed by atoms with Gasteiger partial charge in [0.15, 0.2) is 0 Å². The summed E-state index contributed by atoms with van der Waals surface area (Å²) in [6.45, 7) is 7.00. The zero-order valence-corrected chi connectivity index (χ0v) is 22.1. The Morgan fingerprint density at radius 1 is 0.735 bits per heavy atom. The summed E-state index contributed by atoms with van der Waals surface area (Å²) >= 11 is 6.18. The maximum atomic E-state index is 12.2. The molecule has 4 heteroatoms. The fourth-order valence-electron chi connectivity index (χ4n) is 3.85. The van der Waals surface area contributed by atoms with Crippen LogP contribution in [0.15, 0.2) is 48.5 Å². The van der Waals surface area contributed by atoms with Crippen molar-refractivity contribution in [2.45, 2.75) is 96.8 Å². The Balaban J connectivity index is 1.67. The lowest BCUT2D eigenvalue weighted by Crippen LogP contribution is -2.26. The minimum Gasteiger partial charge on any atom is -0.494 e. The SMILES string of the molecule is CCCCCCCCCCCCOc1ccc(-c2ccc(OC(=O)C(Cl)C(C)CC)cc2)cc1. The number of alkyl halides is 1. The van der Waals surface area contributed by atoms with Crippen molar-refractivity contribution in [2.75, 3.05) is 6.61 Å². The molecule has 0 saturated heterocycles. The molecule has 3 nitrogen and oxygen atoms in total. The van der Waals surface area contributed by atoms with Crippen LogP contribution in [0.4, 0.5) is 0 Å². The first-order valence-electron chi connectivity index (χ1n) is 13.2. The van der Waals surface area contributed by atoms with E-state index in [1.807, 2.05) is 50.2 Å². The smallest absolute Gasteiger partial charge is 0.329 e. The van der Waals surface area contributed by atoms with Crippen LogP contribution in [0.2, 0.25) is 0 Å². The molecule has 2 aromatic carbocycles. The van der Waals surface area contributed by atoms with E-state index < -0.39 is 11.3 Å². The Kier molecular flexibility index (Phi) is 13.8. The molecule has 0 saturated carbocycles. The minimum absolute atomic E-state index is 0.0827. The second-order valence-corrected chi connectivity index (χ2v) is 9.76. The predicted octanol–water partition coefficient (Wildman–Crippen LogP) is 9.21. The van der Waals surface area contributed by atoms with Gasteiger partial charge < -0.3 is 9.47 Å². The molecule has 0 spiro atoms. The molecule has 188 valence electrons. The van der Waals surface area contributed by atoms with Gasteiger partial charge in [0.1, 0.15) is 16.9 Å². The third-order valence-corrected chi connectivity index (χ3v) is 7.00. The molecule has 0 aliphatic heterocycles. The number of esters is 1. The maximum Gasteiger partial charge on any atom is 0.329 e. The summed E-state index contributed by atoms with van der Waals surface area (Å²) in [5, 5.41) is -0.627. The molecule has 34 heavy (non-hydrogen) atoms. The van der Waals surface area contributed by atoms with Gasteiger partial charge >= 0.3 is 5.97 Å². The van der Waals surface area contributed by atoms with Crippen molar-refractivity contribution >= 4 is 17.6 Å². The highest BCUT2D eigenvalue weighted by Crippen LogP contribution is 2.26. The number of unbranched alkanes of at least 4 members (excludes halogenated alkanes) is 9. The summed E-state index contributed by atoms with van der Waals surface area (Å²) in [7, 11) is 0. The molecular formula is C30H43ClO3. The molecule has 0 aliphatic rings. The first-order valence-corrected chi connectivity index (χ1v) is 13.7. The van der Waals surface area contributed by atoms with E-state index in [1.54, 1.807) is 0 Å². The lowest BCUT2D eigenvalue weighted by Gasteiger charge is -2.15. The molecule has 2 unspecified atom stereocenters. The molecule has 0 aromatic heterocycles. The quantitative estimate of drug-likeness (QED) is 0.0966. The van der Waals surface area contributed by atoms with Crippen LogP contribution in [0.3, 0.4) is 0 Å². The highest BCUT2D eigenvalue weighted by atomic mass is 35.5. The second-order valence-electron chi connectivity index (χ2n) is 9.29.